The van der Waals surface area contributed by atoms with Crippen molar-refractivity contribution in [1.82, 2.24) is 0 Å². The Morgan fingerprint density at radius 1 is 1.50 bits per heavy atom. The molecule has 56 valence electrons. The minimum absolute atomic E-state index is 0.0509. The second-order valence-corrected chi connectivity index (χ2v) is 4.98. The molecule has 0 aliphatic carbocycles. The lowest BCUT2D eigenvalue weighted by Crippen LogP contribution is -2.04. The maximum Gasteiger partial charge on any atom is 0.151 e. The summed E-state index contributed by atoms with van der Waals surface area (Å²) in [5.74, 6) is 3.04. The number of hydrogen-bond acceptors (Lipinski definition) is 2. The van der Waals surface area contributed by atoms with Gasteiger partial charge in [-0.15, -0.1) is 12.3 Å². The van der Waals surface area contributed by atoms with Crippen LogP contribution in [-0.4, -0.2) is 19.9 Å². The predicted octanol–water partition coefficient (Wildman–Crippen LogP) is 0.300. The summed E-state index contributed by atoms with van der Waals surface area (Å²) in [6.45, 7) is 1.88. The topological polar surface area (TPSA) is 34.1 Å². The molecule has 1 fully saturated rings. The standard InChI is InChI=1S/C7H10O2S/c1-3-7-5-10(8,9)4-6(7)2/h1,6-7H,4-5H2,2H3. The third kappa shape index (κ3) is 1.32. The van der Waals surface area contributed by atoms with Crippen molar-refractivity contribution >= 4 is 9.84 Å². The van der Waals surface area contributed by atoms with Gasteiger partial charge in [-0.1, -0.05) is 6.92 Å². The smallest absolute Gasteiger partial charge is 0.151 e. The van der Waals surface area contributed by atoms with Gasteiger partial charge in [0.1, 0.15) is 0 Å². The van der Waals surface area contributed by atoms with Gasteiger partial charge in [-0.25, -0.2) is 8.42 Å². The third-order valence-electron chi connectivity index (χ3n) is 1.85. The van der Waals surface area contributed by atoms with E-state index < -0.39 is 9.84 Å². The quantitative estimate of drug-likeness (QED) is 0.475. The summed E-state index contributed by atoms with van der Waals surface area (Å²) in [4.78, 5) is 0. The molecule has 2 atom stereocenters. The summed E-state index contributed by atoms with van der Waals surface area (Å²) in [7, 11) is -2.80. The van der Waals surface area contributed by atoms with Crippen LogP contribution in [0.1, 0.15) is 6.92 Å². The molecule has 0 amide bonds. The SMILES string of the molecule is C#CC1CS(=O)(=O)CC1C. The number of hydrogen-bond donors (Lipinski definition) is 0. The van der Waals surface area contributed by atoms with E-state index in [0.29, 0.717) is 0 Å². The Labute approximate surface area is 61.5 Å². The van der Waals surface area contributed by atoms with Crippen LogP contribution in [0.25, 0.3) is 0 Å². The molecular formula is C7H10O2S. The third-order valence-corrected chi connectivity index (χ3v) is 3.75. The zero-order chi connectivity index (χ0) is 7.78. The summed E-state index contributed by atoms with van der Waals surface area (Å²) in [5, 5.41) is 0. The molecule has 2 nitrogen and oxygen atoms in total. The summed E-state index contributed by atoms with van der Waals surface area (Å²) < 4.78 is 21.8. The van der Waals surface area contributed by atoms with E-state index in [9.17, 15) is 8.42 Å². The van der Waals surface area contributed by atoms with Crippen molar-refractivity contribution in [3.05, 3.63) is 0 Å². The van der Waals surface area contributed by atoms with Crippen molar-refractivity contribution in [2.45, 2.75) is 6.92 Å². The molecule has 1 heterocycles. The van der Waals surface area contributed by atoms with Crippen LogP contribution in [0.15, 0.2) is 0 Å². The fourth-order valence-corrected chi connectivity index (χ4v) is 3.38. The highest BCUT2D eigenvalue weighted by Gasteiger charge is 2.33. The minimum Gasteiger partial charge on any atom is -0.229 e. The lowest BCUT2D eigenvalue weighted by Gasteiger charge is -2.01. The first-order chi connectivity index (χ1) is 4.55. The van der Waals surface area contributed by atoms with Crippen LogP contribution in [0.4, 0.5) is 0 Å². The molecule has 2 unspecified atom stereocenters. The first kappa shape index (κ1) is 7.62. The van der Waals surface area contributed by atoms with E-state index in [1.54, 1.807) is 0 Å². The van der Waals surface area contributed by atoms with E-state index in [0.717, 1.165) is 0 Å². The molecular weight excluding hydrogens is 148 g/mol. The molecule has 0 N–H and O–H groups in total. The van der Waals surface area contributed by atoms with Crippen LogP contribution < -0.4 is 0 Å². The first-order valence-electron chi connectivity index (χ1n) is 3.22. The fraction of sp³-hybridized carbons (Fsp3) is 0.714. The molecule has 0 aromatic carbocycles. The van der Waals surface area contributed by atoms with Crippen molar-refractivity contribution in [2.24, 2.45) is 11.8 Å². The molecule has 1 aliphatic heterocycles. The van der Waals surface area contributed by atoms with Gasteiger partial charge in [0.15, 0.2) is 9.84 Å². The van der Waals surface area contributed by atoms with Gasteiger partial charge < -0.3 is 0 Å². The molecule has 1 aliphatic rings. The summed E-state index contributed by atoms with van der Waals surface area (Å²) >= 11 is 0. The second kappa shape index (κ2) is 2.28. The molecule has 0 bridgehead atoms. The second-order valence-electron chi connectivity index (χ2n) is 2.83. The van der Waals surface area contributed by atoms with Crippen LogP contribution >= 0.6 is 0 Å². The van der Waals surface area contributed by atoms with Gasteiger partial charge in [-0.3, -0.25) is 0 Å². The zero-order valence-electron chi connectivity index (χ0n) is 5.87. The van der Waals surface area contributed by atoms with Gasteiger partial charge >= 0.3 is 0 Å². The average Bonchev–Trinajstić information content (AvgIpc) is 2.05. The van der Waals surface area contributed by atoms with E-state index >= 15 is 0 Å². The number of rotatable bonds is 0. The normalized spacial score (nSPS) is 37.2. The van der Waals surface area contributed by atoms with Crippen molar-refractivity contribution in [2.75, 3.05) is 11.5 Å². The molecule has 1 saturated heterocycles. The lowest BCUT2D eigenvalue weighted by molar-refractivity contribution is 0.560. The van der Waals surface area contributed by atoms with E-state index in [1.165, 1.54) is 0 Å². The molecule has 0 aromatic rings. The Kier molecular flexibility index (Phi) is 1.74. The van der Waals surface area contributed by atoms with Gasteiger partial charge in [0.2, 0.25) is 0 Å². The first-order valence-corrected chi connectivity index (χ1v) is 5.04. The summed E-state index contributed by atoms with van der Waals surface area (Å²) in [6.07, 6.45) is 5.13. The van der Waals surface area contributed by atoms with Gasteiger partial charge in [0.25, 0.3) is 0 Å². The summed E-state index contributed by atoms with van der Waals surface area (Å²) in [6, 6.07) is 0. The van der Waals surface area contributed by atoms with E-state index in [2.05, 4.69) is 5.92 Å². The van der Waals surface area contributed by atoms with Crippen LogP contribution in [0, 0.1) is 24.2 Å². The van der Waals surface area contributed by atoms with Gasteiger partial charge in [0, 0.05) is 5.92 Å². The lowest BCUT2D eigenvalue weighted by atomic mass is 10.00. The predicted molar refractivity (Wildman–Crippen MR) is 40.1 cm³/mol. The molecule has 0 saturated carbocycles. The largest absolute Gasteiger partial charge is 0.229 e. The van der Waals surface area contributed by atoms with Gasteiger partial charge in [-0.05, 0) is 5.92 Å². The minimum atomic E-state index is -2.80. The summed E-state index contributed by atoms with van der Waals surface area (Å²) in [5.41, 5.74) is 0. The number of sulfone groups is 1. The molecule has 0 spiro atoms. The van der Waals surface area contributed by atoms with Gasteiger partial charge in [-0.2, -0.15) is 0 Å². The maximum atomic E-state index is 10.9. The molecule has 1 rings (SSSR count). The Morgan fingerprint density at radius 2 is 2.10 bits per heavy atom. The maximum absolute atomic E-state index is 10.9. The Hall–Kier alpha value is -0.490. The Balaban J connectivity index is 2.83. The van der Waals surface area contributed by atoms with Crippen molar-refractivity contribution < 1.29 is 8.42 Å². The highest BCUT2D eigenvalue weighted by atomic mass is 32.2. The Bertz CT molecular complexity index is 258. The van der Waals surface area contributed by atoms with E-state index in [4.69, 9.17) is 6.42 Å². The number of terminal acetylenes is 1. The fourth-order valence-electron chi connectivity index (χ4n) is 1.23. The molecule has 0 radical (unpaired) electrons. The van der Waals surface area contributed by atoms with Crippen LogP contribution in [0.2, 0.25) is 0 Å². The Morgan fingerprint density at radius 3 is 2.30 bits per heavy atom. The van der Waals surface area contributed by atoms with E-state index in [1.807, 2.05) is 6.92 Å². The van der Waals surface area contributed by atoms with Crippen LogP contribution in [0.3, 0.4) is 0 Å². The average molecular weight is 158 g/mol. The molecule has 3 heteroatoms. The highest BCUT2D eigenvalue weighted by molar-refractivity contribution is 7.91. The molecule has 10 heavy (non-hydrogen) atoms. The van der Waals surface area contributed by atoms with Crippen LogP contribution in [0.5, 0.6) is 0 Å². The van der Waals surface area contributed by atoms with Crippen molar-refractivity contribution in [3.63, 3.8) is 0 Å². The van der Waals surface area contributed by atoms with Gasteiger partial charge in [0.05, 0.1) is 11.5 Å². The highest BCUT2D eigenvalue weighted by Crippen LogP contribution is 2.23. The monoisotopic (exact) mass is 158 g/mol. The van der Waals surface area contributed by atoms with Crippen molar-refractivity contribution in [1.29, 1.82) is 0 Å². The zero-order valence-corrected chi connectivity index (χ0v) is 6.69. The van der Waals surface area contributed by atoms with Crippen LogP contribution in [-0.2, 0) is 9.84 Å². The van der Waals surface area contributed by atoms with E-state index in [-0.39, 0.29) is 23.3 Å². The van der Waals surface area contributed by atoms with Crippen molar-refractivity contribution in [3.8, 4) is 12.3 Å². The molecule has 0 aromatic heterocycles.